The van der Waals surface area contributed by atoms with E-state index in [2.05, 4.69) is 22.1 Å². The maximum absolute atomic E-state index is 11.0. The molecule has 0 aliphatic rings. The summed E-state index contributed by atoms with van der Waals surface area (Å²) in [4.78, 5) is 17.5. The van der Waals surface area contributed by atoms with Crippen LogP contribution in [0.25, 0.3) is 0 Å². The van der Waals surface area contributed by atoms with Crippen LogP contribution in [0, 0.1) is 0 Å². The van der Waals surface area contributed by atoms with Crippen LogP contribution < -0.4 is 11.1 Å². The second-order valence-electron chi connectivity index (χ2n) is 4.58. The fourth-order valence-electron chi connectivity index (χ4n) is 1.72. The molecular weight excluding hydrogens is 256 g/mol. The Balaban J connectivity index is 2.67. The third kappa shape index (κ3) is 4.95. The molecule has 0 fully saturated rings. The van der Waals surface area contributed by atoms with Crippen molar-refractivity contribution in [1.82, 2.24) is 10.2 Å². The topological polar surface area (TPSA) is 83.9 Å². The number of primary amides is 1. The number of amides is 1. The predicted octanol–water partition coefficient (Wildman–Crippen LogP) is 1.58. The summed E-state index contributed by atoms with van der Waals surface area (Å²) in [5.41, 5.74) is 5.14. The summed E-state index contributed by atoms with van der Waals surface area (Å²) in [6.07, 6.45) is 2.26. The highest BCUT2D eigenvalue weighted by atomic mass is 16.3. The molecule has 1 aromatic heterocycles. The summed E-state index contributed by atoms with van der Waals surface area (Å²) < 4.78 is 5.31. The molecule has 1 amide bonds. The molecule has 0 aliphatic heterocycles. The van der Waals surface area contributed by atoms with Crippen LogP contribution in [0.3, 0.4) is 0 Å². The molecule has 6 heteroatoms. The molecule has 1 heterocycles. The van der Waals surface area contributed by atoms with Gasteiger partial charge in [-0.05, 0) is 25.5 Å². The summed E-state index contributed by atoms with van der Waals surface area (Å²) in [5, 5.41) is 3.23. The van der Waals surface area contributed by atoms with E-state index in [0.717, 1.165) is 31.9 Å². The summed E-state index contributed by atoms with van der Waals surface area (Å²) in [6, 6.07) is 3.29. The molecule has 1 rings (SSSR count). The molecule has 0 saturated heterocycles. The highest BCUT2D eigenvalue weighted by Gasteiger charge is 2.08. The van der Waals surface area contributed by atoms with Gasteiger partial charge >= 0.3 is 0 Å². The molecule has 6 nitrogen and oxygen atoms in total. The van der Waals surface area contributed by atoms with Crippen molar-refractivity contribution in [2.45, 2.75) is 33.2 Å². The molecule has 0 radical (unpaired) electrons. The summed E-state index contributed by atoms with van der Waals surface area (Å²) in [6.45, 7) is 6.33. The fourth-order valence-corrected chi connectivity index (χ4v) is 1.72. The van der Waals surface area contributed by atoms with E-state index in [0.29, 0.717) is 12.3 Å². The second-order valence-corrected chi connectivity index (χ2v) is 4.58. The van der Waals surface area contributed by atoms with Crippen LogP contribution in [-0.4, -0.2) is 36.9 Å². The number of nitrogens with two attached hydrogens (primary N) is 1. The van der Waals surface area contributed by atoms with E-state index in [4.69, 9.17) is 10.2 Å². The van der Waals surface area contributed by atoms with Crippen molar-refractivity contribution in [2.75, 3.05) is 20.1 Å². The number of furan rings is 1. The molecule has 0 spiro atoms. The first-order valence-electron chi connectivity index (χ1n) is 6.96. The molecule has 0 atom stereocenters. The second kappa shape index (κ2) is 8.24. The average molecular weight is 280 g/mol. The van der Waals surface area contributed by atoms with Crippen molar-refractivity contribution in [3.05, 3.63) is 23.7 Å². The van der Waals surface area contributed by atoms with Crippen molar-refractivity contribution in [1.29, 1.82) is 0 Å². The summed E-state index contributed by atoms with van der Waals surface area (Å²) in [5.74, 6) is 1.06. The Labute approximate surface area is 120 Å². The molecule has 0 aromatic carbocycles. The Bertz CT molecular complexity index is 454. The van der Waals surface area contributed by atoms with Gasteiger partial charge in [0.05, 0.1) is 0 Å². The SMILES string of the molecule is CCCCN(C)C(=NCc1ccc(C(N)=O)o1)NCC. The first kappa shape index (κ1) is 16.1. The van der Waals surface area contributed by atoms with E-state index < -0.39 is 5.91 Å². The van der Waals surface area contributed by atoms with E-state index >= 15 is 0 Å². The summed E-state index contributed by atoms with van der Waals surface area (Å²) in [7, 11) is 2.01. The Morgan fingerprint density at radius 3 is 2.75 bits per heavy atom. The third-order valence-corrected chi connectivity index (χ3v) is 2.83. The van der Waals surface area contributed by atoms with Gasteiger partial charge in [-0.25, -0.2) is 4.99 Å². The zero-order valence-electron chi connectivity index (χ0n) is 12.5. The van der Waals surface area contributed by atoms with Crippen LogP contribution in [0.15, 0.2) is 21.5 Å². The van der Waals surface area contributed by atoms with E-state index in [-0.39, 0.29) is 5.76 Å². The zero-order valence-corrected chi connectivity index (χ0v) is 12.5. The molecule has 0 saturated carbocycles. The minimum atomic E-state index is -0.563. The number of hydrogen-bond acceptors (Lipinski definition) is 3. The van der Waals surface area contributed by atoms with Gasteiger partial charge in [-0.3, -0.25) is 4.79 Å². The van der Waals surface area contributed by atoms with Crippen molar-refractivity contribution in [3.63, 3.8) is 0 Å². The lowest BCUT2D eigenvalue weighted by molar-refractivity contribution is 0.0972. The van der Waals surface area contributed by atoms with Gasteiger partial charge in [0.2, 0.25) is 0 Å². The Morgan fingerprint density at radius 2 is 2.20 bits per heavy atom. The smallest absolute Gasteiger partial charge is 0.284 e. The number of carbonyl (C=O) groups is 1. The molecule has 0 unspecified atom stereocenters. The van der Waals surface area contributed by atoms with Gasteiger partial charge in [0.1, 0.15) is 12.3 Å². The molecule has 0 aliphatic carbocycles. The van der Waals surface area contributed by atoms with Crippen molar-refractivity contribution >= 4 is 11.9 Å². The number of carbonyl (C=O) groups excluding carboxylic acids is 1. The van der Waals surface area contributed by atoms with Crippen molar-refractivity contribution in [3.8, 4) is 0 Å². The van der Waals surface area contributed by atoms with Gasteiger partial charge in [0.25, 0.3) is 5.91 Å². The largest absolute Gasteiger partial charge is 0.454 e. The number of nitrogens with zero attached hydrogens (tertiary/aromatic N) is 2. The molecule has 3 N–H and O–H groups in total. The lowest BCUT2D eigenvalue weighted by Crippen LogP contribution is -2.39. The quantitative estimate of drug-likeness (QED) is 0.586. The standard InChI is InChI=1S/C14H24N4O2/c1-4-6-9-18(3)14(16-5-2)17-10-11-7-8-12(20-11)13(15)19/h7-8H,4-6,9-10H2,1-3H3,(H2,15,19)(H,16,17). The minimum Gasteiger partial charge on any atom is -0.454 e. The molecule has 112 valence electrons. The van der Waals surface area contributed by atoms with E-state index in [1.807, 2.05) is 14.0 Å². The normalized spacial score (nSPS) is 11.4. The Morgan fingerprint density at radius 1 is 1.45 bits per heavy atom. The summed E-state index contributed by atoms with van der Waals surface area (Å²) >= 11 is 0. The lowest BCUT2D eigenvalue weighted by Gasteiger charge is -2.21. The van der Waals surface area contributed by atoms with Gasteiger partial charge in [0, 0.05) is 20.1 Å². The maximum Gasteiger partial charge on any atom is 0.284 e. The number of hydrogen-bond donors (Lipinski definition) is 2. The average Bonchev–Trinajstić information content (AvgIpc) is 2.89. The Kier molecular flexibility index (Phi) is 6.63. The number of nitrogens with one attached hydrogen (secondary N) is 1. The zero-order chi connectivity index (χ0) is 15.0. The highest BCUT2D eigenvalue weighted by molar-refractivity contribution is 5.89. The van der Waals surface area contributed by atoms with Crippen LogP contribution in [0.5, 0.6) is 0 Å². The number of guanidine groups is 1. The van der Waals surface area contributed by atoms with Crippen LogP contribution >= 0.6 is 0 Å². The first-order chi connectivity index (χ1) is 9.58. The lowest BCUT2D eigenvalue weighted by atomic mass is 10.3. The van der Waals surface area contributed by atoms with Crippen LogP contribution in [0.1, 0.15) is 43.0 Å². The predicted molar refractivity (Wildman–Crippen MR) is 79.6 cm³/mol. The molecule has 20 heavy (non-hydrogen) atoms. The van der Waals surface area contributed by atoms with Gasteiger partial charge in [0.15, 0.2) is 11.7 Å². The van der Waals surface area contributed by atoms with Gasteiger partial charge in [-0.2, -0.15) is 0 Å². The van der Waals surface area contributed by atoms with E-state index in [1.165, 1.54) is 0 Å². The van der Waals surface area contributed by atoms with Crippen LogP contribution in [0.4, 0.5) is 0 Å². The van der Waals surface area contributed by atoms with E-state index in [1.54, 1.807) is 12.1 Å². The van der Waals surface area contributed by atoms with Crippen molar-refractivity contribution < 1.29 is 9.21 Å². The highest BCUT2D eigenvalue weighted by Crippen LogP contribution is 2.08. The van der Waals surface area contributed by atoms with Gasteiger partial charge in [-0.1, -0.05) is 13.3 Å². The monoisotopic (exact) mass is 280 g/mol. The number of unbranched alkanes of at least 4 members (excludes halogenated alkanes) is 1. The molecule has 0 bridgehead atoms. The third-order valence-electron chi connectivity index (χ3n) is 2.83. The van der Waals surface area contributed by atoms with Crippen LogP contribution in [-0.2, 0) is 6.54 Å². The maximum atomic E-state index is 11.0. The van der Waals surface area contributed by atoms with Crippen molar-refractivity contribution in [2.24, 2.45) is 10.7 Å². The van der Waals surface area contributed by atoms with E-state index in [9.17, 15) is 4.79 Å². The van der Waals surface area contributed by atoms with Gasteiger partial charge in [-0.15, -0.1) is 0 Å². The molecule has 1 aromatic rings. The van der Waals surface area contributed by atoms with Crippen LogP contribution in [0.2, 0.25) is 0 Å². The number of rotatable bonds is 7. The minimum absolute atomic E-state index is 0.166. The fraction of sp³-hybridized carbons (Fsp3) is 0.571. The first-order valence-corrected chi connectivity index (χ1v) is 6.96. The molecular formula is C14H24N4O2. The number of aliphatic imine (C=N–C) groups is 1. The van der Waals surface area contributed by atoms with Gasteiger partial charge < -0.3 is 20.4 Å². The Hall–Kier alpha value is -1.98.